The van der Waals surface area contributed by atoms with Crippen LogP contribution < -0.4 is 0 Å². The van der Waals surface area contributed by atoms with Crippen LogP contribution in [0.1, 0.15) is 180 Å². The molecule has 2 N–H and O–H groups in total. The first kappa shape index (κ1) is 38.7. The van der Waals surface area contributed by atoms with Crippen LogP contribution in [-0.2, 0) is 25.8 Å². The highest BCUT2D eigenvalue weighted by molar-refractivity contribution is 5.87. The standard InChI is InChI=1S/C41H66O4/c1-9-10-11-12-13-14-15-16-17-18-19-20-21-22-23-24-29-45-38(44)41(8,32-25-27-36(42)34(30-32)39(2,3)4)33-26-28-37(43)35(31-33)40(5,6)7/h25-28,30-31,42-43H,9-24,29H2,1-8H3. The molecule has 0 amide bonds. The molecule has 4 nitrogen and oxygen atoms in total. The van der Waals surface area contributed by atoms with Crippen molar-refractivity contribution in [2.24, 2.45) is 0 Å². The van der Waals surface area contributed by atoms with Crippen molar-refractivity contribution >= 4 is 5.97 Å². The molecule has 0 fully saturated rings. The Kier molecular flexibility index (Phi) is 16.0. The van der Waals surface area contributed by atoms with Crippen LogP contribution in [0.5, 0.6) is 11.5 Å². The Labute approximate surface area is 276 Å². The average molecular weight is 623 g/mol. The molecule has 0 radical (unpaired) electrons. The van der Waals surface area contributed by atoms with Crippen molar-refractivity contribution in [3.05, 3.63) is 58.7 Å². The van der Waals surface area contributed by atoms with Gasteiger partial charge < -0.3 is 14.9 Å². The minimum absolute atomic E-state index is 0.219. The van der Waals surface area contributed by atoms with Gasteiger partial charge in [-0.1, -0.05) is 169 Å². The second-order valence-corrected chi connectivity index (χ2v) is 15.5. The summed E-state index contributed by atoms with van der Waals surface area (Å²) in [5.74, 6) is 0.131. The Morgan fingerprint density at radius 3 is 1.22 bits per heavy atom. The van der Waals surface area contributed by atoms with Crippen molar-refractivity contribution in [1.82, 2.24) is 0 Å². The first-order valence-electron chi connectivity index (χ1n) is 18.1. The van der Waals surface area contributed by atoms with Crippen LogP contribution in [0.2, 0.25) is 0 Å². The highest BCUT2D eigenvalue weighted by Crippen LogP contribution is 2.41. The van der Waals surface area contributed by atoms with Crippen molar-refractivity contribution in [2.45, 2.75) is 174 Å². The molecule has 0 atom stereocenters. The quantitative estimate of drug-likeness (QED) is 0.114. The molecule has 0 aliphatic heterocycles. The van der Waals surface area contributed by atoms with Gasteiger partial charge in [0.15, 0.2) is 0 Å². The predicted octanol–water partition coefficient (Wildman–Crippen LogP) is 11.8. The Hall–Kier alpha value is -2.49. The fourth-order valence-corrected chi connectivity index (χ4v) is 6.26. The van der Waals surface area contributed by atoms with Crippen LogP contribution in [0.25, 0.3) is 0 Å². The number of unbranched alkanes of at least 4 members (excludes halogenated alkanes) is 15. The molecule has 254 valence electrons. The lowest BCUT2D eigenvalue weighted by atomic mass is 9.72. The van der Waals surface area contributed by atoms with Crippen molar-refractivity contribution in [2.75, 3.05) is 6.61 Å². The topological polar surface area (TPSA) is 66.8 Å². The SMILES string of the molecule is CCCCCCCCCCCCCCCCCCOC(=O)C(C)(c1ccc(O)c(C(C)(C)C)c1)c1ccc(O)c(C(C)(C)C)c1. The molecule has 0 aliphatic carbocycles. The first-order chi connectivity index (χ1) is 21.2. The number of ether oxygens (including phenoxy) is 1. The number of phenolic OH excluding ortho intramolecular Hbond substituents is 2. The molecule has 2 rings (SSSR count). The van der Waals surface area contributed by atoms with Gasteiger partial charge in [-0.05, 0) is 58.6 Å². The van der Waals surface area contributed by atoms with Gasteiger partial charge in [-0.25, -0.2) is 0 Å². The zero-order valence-electron chi connectivity index (χ0n) is 30.2. The molecule has 0 saturated carbocycles. The van der Waals surface area contributed by atoms with Gasteiger partial charge >= 0.3 is 5.97 Å². The highest BCUT2D eigenvalue weighted by atomic mass is 16.5. The minimum Gasteiger partial charge on any atom is -0.508 e. The number of rotatable bonds is 20. The van der Waals surface area contributed by atoms with E-state index in [0.29, 0.717) is 6.61 Å². The predicted molar refractivity (Wildman–Crippen MR) is 191 cm³/mol. The second kappa shape index (κ2) is 18.6. The molecule has 0 unspecified atom stereocenters. The van der Waals surface area contributed by atoms with Crippen LogP contribution in [0.3, 0.4) is 0 Å². The number of hydrogen-bond donors (Lipinski definition) is 2. The third kappa shape index (κ3) is 12.3. The Balaban J connectivity index is 1.92. The molecular weight excluding hydrogens is 556 g/mol. The molecular formula is C41H66O4. The van der Waals surface area contributed by atoms with Crippen molar-refractivity contribution in [1.29, 1.82) is 0 Å². The van der Waals surface area contributed by atoms with E-state index in [0.717, 1.165) is 35.1 Å². The van der Waals surface area contributed by atoms with E-state index < -0.39 is 5.41 Å². The van der Waals surface area contributed by atoms with Crippen LogP contribution in [-0.4, -0.2) is 22.8 Å². The summed E-state index contributed by atoms with van der Waals surface area (Å²) in [4.78, 5) is 14.0. The summed E-state index contributed by atoms with van der Waals surface area (Å²) in [5, 5.41) is 21.3. The maximum absolute atomic E-state index is 14.0. The number of carbonyl (C=O) groups excluding carboxylic acids is 1. The van der Waals surface area contributed by atoms with Crippen LogP contribution in [0, 0.1) is 0 Å². The van der Waals surface area contributed by atoms with E-state index in [2.05, 4.69) is 48.5 Å². The van der Waals surface area contributed by atoms with Gasteiger partial charge in [0.1, 0.15) is 16.9 Å². The van der Waals surface area contributed by atoms with Gasteiger partial charge in [-0.2, -0.15) is 0 Å². The summed E-state index contributed by atoms with van der Waals surface area (Å²) in [5.41, 5.74) is 1.41. The molecule has 0 aliphatic rings. The summed E-state index contributed by atoms with van der Waals surface area (Å²) in [6, 6.07) is 10.9. The van der Waals surface area contributed by atoms with E-state index in [1.165, 1.54) is 89.9 Å². The minimum atomic E-state index is -1.10. The lowest BCUT2D eigenvalue weighted by Gasteiger charge is -2.32. The average Bonchev–Trinajstić information content (AvgIpc) is 2.97. The molecule has 0 aromatic heterocycles. The molecule has 0 spiro atoms. The molecule has 2 aromatic rings. The third-order valence-corrected chi connectivity index (χ3v) is 9.40. The maximum Gasteiger partial charge on any atom is 0.320 e. The van der Waals surface area contributed by atoms with Crippen LogP contribution in [0.4, 0.5) is 0 Å². The number of benzene rings is 2. The largest absolute Gasteiger partial charge is 0.508 e. The van der Waals surface area contributed by atoms with E-state index in [1.54, 1.807) is 12.1 Å². The van der Waals surface area contributed by atoms with Crippen LogP contribution in [0.15, 0.2) is 36.4 Å². The van der Waals surface area contributed by atoms with E-state index in [4.69, 9.17) is 4.74 Å². The first-order valence-corrected chi connectivity index (χ1v) is 18.1. The van der Waals surface area contributed by atoms with E-state index >= 15 is 0 Å². The molecule has 2 aromatic carbocycles. The second-order valence-electron chi connectivity index (χ2n) is 15.5. The van der Waals surface area contributed by atoms with Gasteiger partial charge in [0.25, 0.3) is 0 Å². The summed E-state index contributed by atoms with van der Waals surface area (Å²) < 4.78 is 5.98. The lowest BCUT2D eigenvalue weighted by Crippen LogP contribution is -2.36. The lowest BCUT2D eigenvalue weighted by molar-refractivity contribution is -0.148. The van der Waals surface area contributed by atoms with Crippen LogP contribution >= 0.6 is 0 Å². The molecule has 45 heavy (non-hydrogen) atoms. The Bertz CT molecular complexity index is 1090. The molecule has 0 heterocycles. The van der Waals surface area contributed by atoms with Gasteiger partial charge in [0.2, 0.25) is 0 Å². The zero-order chi connectivity index (χ0) is 33.5. The van der Waals surface area contributed by atoms with Gasteiger partial charge in [-0.15, -0.1) is 0 Å². The fourth-order valence-electron chi connectivity index (χ4n) is 6.26. The number of esters is 1. The fraction of sp³-hybridized carbons (Fsp3) is 0.683. The zero-order valence-corrected chi connectivity index (χ0v) is 30.2. The van der Waals surface area contributed by atoms with Gasteiger partial charge in [0, 0.05) is 0 Å². The van der Waals surface area contributed by atoms with E-state index in [1.807, 2.05) is 31.2 Å². The van der Waals surface area contributed by atoms with Crippen molar-refractivity contribution in [3.8, 4) is 11.5 Å². The van der Waals surface area contributed by atoms with Gasteiger partial charge in [0.05, 0.1) is 6.61 Å². The molecule has 0 bridgehead atoms. The maximum atomic E-state index is 14.0. The number of aromatic hydroxyl groups is 2. The summed E-state index contributed by atoms with van der Waals surface area (Å²) in [7, 11) is 0. The van der Waals surface area contributed by atoms with Crippen molar-refractivity contribution in [3.63, 3.8) is 0 Å². The van der Waals surface area contributed by atoms with E-state index in [9.17, 15) is 15.0 Å². The Morgan fingerprint density at radius 2 is 0.889 bits per heavy atom. The third-order valence-electron chi connectivity index (χ3n) is 9.40. The number of hydrogen-bond acceptors (Lipinski definition) is 4. The molecule has 0 saturated heterocycles. The summed E-state index contributed by atoms with van der Waals surface area (Å²) in [6.07, 6.45) is 20.8. The Morgan fingerprint density at radius 1 is 0.556 bits per heavy atom. The van der Waals surface area contributed by atoms with Gasteiger partial charge in [-0.3, -0.25) is 4.79 Å². The number of phenols is 2. The normalized spacial score (nSPS) is 12.4. The highest BCUT2D eigenvalue weighted by Gasteiger charge is 2.41. The van der Waals surface area contributed by atoms with E-state index in [-0.39, 0.29) is 28.3 Å². The number of carbonyl (C=O) groups is 1. The summed E-state index contributed by atoms with van der Waals surface area (Å²) >= 11 is 0. The molecule has 4 heteroatoms. The smallest absolute Gasteiger partial charge is 0.320 e. The summed E-state index contributed by atoms with van der Waals surface area (Å²) in [6.45, 7) is 16.9. The monoisotopic (exact) mass is 622 g/mol. The van der Waals surface area contributed by atoms with Crippen molar-refractivity contribution < 1.29 is 19.7 Å².